The van der Waals surface area contributed by atoms with E-state index in [1.807, 2.05) is 6.07 Å². The van der Waals surface area contributed by atoms with Crippen molar-refractivity contribution in [1.29, 1.82) is 0 Å². The third kappa shape index (κ3) is 3.56. The highest BCUT2D eigenvalue weighted by atomic mass is 16.5. The molecule has 2 saturated carbocycles. The number of aromatic hydroxyl groups is 1. The number of nitrogens with zero attached hydrogens (tertiary/aromatic N) is 2. The maximum Gasteiger partial charge on any atom is 0.165 e. The summed E-state index contributed by atoms with van der Waals surface area (Å²) in [7, 11) is 0. The number of ether oxygens (including phenoxy) is 1. The van der Waals surface area contributed by atoms with Crippen LogP contribution in [0, 0.1) is 5.92 Å². The molecule has 0 unspecified atom stereocenters. The Morgan fingerprint density at radius 1 is 0.872 bits per heavy atom. The van der Waals surface area contributed by atoms with Gasteiger partial charge in [-0.15, -0.1) is 0 Å². The molecule has 2 N–H and O–H groups in total. The Balaban J connectivity index is 1.23. The summed E-state index contributed by atoms with van der Waals surface area (Å²) in [6, 6.07) is 25.6. The monoisotopic (exact) mass is 522 g/mol. The van der Waals surface area contributed by atoms with Crippen LogP contribution in [0.5, 0.6) is 11.5 Å². The summed E-state index contributed by atoms with van der Waals surface area (Å²) in [5.41, 5.74) is 3.60. The van der Waals surface area contributed by atoms with E-state index in [-0.39, 0.29) is 23.9 Å². The Morgan fingerprint density at radius 2 is 1.56 bits per heavy atom. The Kier molecular flexibility index (Phi) is 5.42. The zero-order valence-electron chi connectivity index (χ0n) is 22.5. The first-order valence-electron chi connectivity index (χ1n) is 14.9. The van der Waals surface area contributed by atoms with Crippen LogP contribution in [0.2, 0.25) is 0 Å². The second-order valence-electron chi connectivity index (χ2n) is 12.8. The van der Waals surface area contributed by atoms with Gasteiger partial charge in [-0.1, -0.05) is 66.7 Å². The van der Waals surface area contributed by atoms with E-state index >= 15 is 0 Å². The summed E-state index contributed by atoms with van der Waals surface area (Å²) in [6.07, 6.45) is 5.80. The smallest absolute Gasteiger partial charge is 0.165 e. The van der Waals surface area contributed by atoms with Crippen LogP contribution >= 0.6 is 0 Å². The van der Waals surface area contributed by atoms with Crippen molar-refractivity contribution in [3.63, 3.8) is 0 Å². The van der Waals surface area contributed by atoms with E-state index in [4.69, 9.17) is 4.74 Å². The Labute approximate surface area is 231 Å². The van der Waals surface area contributed by atoms with Gasteiger partial charge in [0.05, 0.1) is 11.0 Å². The number of hydrogen-bond acceptors (Lipinski definition) is 5. The summed E-state index contributed by atoms with van der Waals surface area (Å²) in [5.74, 6) is 1.64. The van der Waals surface area contributed by atoms with Crippen LogP contribution in [0.15, 0.2) is 72.8 Å². The second-order valence-corrected chi connectivity index (χ2v) is 12.8. The zero-order valence-corrected chi connectivity index (χ0v) is 22.5. The molecule has 3 fully saturated rings. The number of aliphatic hydroxyl groups is 1. The van der Waals surface area contributed by atoms with Gasteiger partial charge in [-0.25, -0.2) is 0 Å². The number of rotatable bonds is 7. The summed E-state index contributed by atoms with van der Waals surface area (Å²) in [6.45, 7) is 3.73. The van der Waals surface area contributed by atoms with Crippen LogP contribution in [0.3, 0.4) is 0 Å². The van der Waals surface area contributed by atoms with Crippen molar-refractivity contribution >= 4 is 0 Å². The molecular formula is C34H38N2O3. The van der Waals surface area contributed by atoms with Crippen molar-refractivity contribution in [3.05, 3.63) is 95.1 Å². The standard InChI is InChI=1S/C34H38N2O3/c37-28-14-13-26-19-29-34(38)16-15-27(36(21-23-7-3-1-4-8-23)22-24-9-5-2-6-10-24)32-33(34,30(26)31(28)39-32)17-18-35(29)20-25-11-12-25/h1-10,13-14,25,27,29,32,37-38H,11-12,15-22H2/t27-,29+,32+,33+,34-/m1/s1. The Hall–Kier alpha value is -2.86. The lowest BCUT2D eigenvalue weighted by molar-refractivity contribution is -0.202. The van der Waals surface area contributed by atoms with Crippen molar-refractivity contribution < 1.29 is 14.9 Å². The summed E-state index contributed by atoms with van der Waals surface area (Å²) in [5, 5.41) is 23.9. The Bertz CT molecular complexity index is 1330. The first-order chi connectivity index (χ1) is 19.1. The van der Waals surface area contributed by atoms with E-state index in [0.29, 0.717) is 5.75 Å². The molecule has 2 bridgehead atoms. The molecule has 3 aliphatic carbocycles. The molecule has 0 aromatic heterocycles. The highest BCUT2D eigenvalue weighted by Gasteiger charge is 2.73. The number of piperidine rings is 1. The van der Waals surface area contributed by atoms with E-state index in [0.717, 1.165) is 63.3 Å². The minimum atomic E-state index is -0.849. The van der Waals surface area contributed by atoms with E-state index in [1.54, 1.807) is 0 Å². The van der Waals surface area contributed by atoms with Crippen molar-refractivity contribution in [2.24, 2.45) is 5.92 Å². The van der Waals surface area contributed by atoms with Gasteiger partial charge in [0.15, 0.2) is 11.5 Å². The second kappa shape index (κ2) is 8.82. The number of benzene rings is 3. The first-order valence-corrected chi connectivity index (χ1v) is 14.9. The SMILES string of the molecule is Oc1ccc2c3c1O[C@H]1[C@H](N(Cc4ccccc4)Cc4ccccc4)CC[C@@]4(O)[C@H](C2)N(CC2CC2)CC[C@]314. The molecule has 2 heterocycles. The van der Waals surface area contributed by atoms with Gasteiger partial charge in [-0.2, -0.15) is 0 Å². The third-order valence-corrected chi connectivity index (χ3v) is 10.7. The fourth-order valence-electron chi connectivity index (χ4n) is 8.76. The summed E-state index contributed by atoms with van der Waals surface area (Å²) >= 11 is 0. The fraction of sp³-hybridized carbons (Fsp3) is 0.471. The molecule has 39 heavy (non-hydrogen) atoms. The molecule has 8 rings (SSSR count). The molecule has 202 valence electrons. The van der Waals surface area contributed by atoms with E-state index in [9.17, 15) is 10.2 Å². The lowest BCUT2D eigenvalue weighted by Crippen LogP contribution is -2.78. The minimum Gasteiger partial charge on any atom is -0.504 e. The molecule has 0 radical (unpaired) electrons. The highest BCUT2D eigenvalue weighted by Crippen LogP contribution is 2.66. The average Bonchev–Trinajstić information content (AvgIpc) is 3.70. The van der Waals surface area contributed by atoms with Crippen LogP contribution in [0.25, 0.3) is 0 Å². The number of phenolic OH excluding ortho intramolecular Hbond substituents is 1. The van der Waals surface area contributed by atoms with Crippen LogP contribution in [0.4, 0.5) is 0 Å². The summed E-state index contributed by atoms with van der Waals surface area (Å²) in [4.78, 5) is 5.19. The van der Waals surface area contributed by atoms with Crippen molar-refractivity contribution in [2.75, 3.05) is 13.1 Å². The lowest BCUT2D eigenvalue weighted by atomic mass is 9.48. The topological polar surface area (TPSA) is 56.2 Å². The average molecular weight is 523 g/mol. The number of phenols is 1. The maximum absolute atomic E-state index is 12.9. The molecule has 0 amide bonds. The fourth-order valence-corrected chi connectivity index (χ4v) is 8.76. The predicted molar refractivity (Wildman–Crippen MR) is 151 cm³/mol. The van der Waals surface area contributed by atoms with E-state index < -0.39 is 11.0 Å². The van der Waals surface area contributed by atoms with Crippen LogP contribution in [0.1, 0.15) is 54.4 Å². The van der Waals surface area contributed by atoms with Crippen LogP contribution in [-0.2, 0) is 24.9 Å². The quantitative estimate of drug-likeness (QED) is 0.456. The van der Waals surface area contributed by atoms with Gasteiger partial charge in [-0.3, -0.25) is 9.80 Å². The molecule has 1 spiro atoms. The van der Waals surface area contributed by atoms with Crippen molar-refractivity contribution in [3.8, 4) is 11.5 Å². The molecule has 2 aliphatic heterocycles. The van der Waals surface area contributed by atoms with Crippen LogP contribution < -0.4 is 4.74 Å². The predicted octanol–water partition coefficient (Wildman–Crippen LogP) is 5.03. The summed E-state index contributed by atoms with van der Waals surface area (Å²) < 4.78 is 6.90. The molecule has 3 aromatic rings. The van der Waals surface area contributed by atoms with Gasteiger partial charge in [0, 0.05) is 37.3 Å². The van der Waals surface area contributed by atoms with Gasteiger partial charge >= 0.3 is 0 Å². The molecule has 5 nitrogen and oxygen atoms in total. The zero-order chi connectivity index (χ0) is 26.2. The normalized spacial score (nSPS) is 32.6. The molecular weight excluding hydrogens is 484 g/mol. The van der Waals surface area contributed by atoms with E-state index in [1.165, 1.54) is 29.5 Å². The Morgan fingerprint density at radius 3 is 2.23 bits per heavy atom. The van der Waals surface area contributed by atoms with Gasteiger partial charge in [0.1, 0.15) is 6.10 Å². The maximum atomic E-state index is 12.9. The molecule has 5 aliphatic rings. The molecule has 5 atom stereocenters. The number of hydrogen-bond donors (Lipinski definition) is 2. The van der Waals surface area contributed by atoms with Crippen LogP contribution in [-0.4, -0.2) is 56.9 Å². The molecule has 3 aromatic carbocycles. The highest BCUT2D eigenvalue weighted by molar-refractivity contribution is 5.62. The van der Waals surface area contributed by atoms with Gasteiger partial charge in [-0.05, 0) is 73.7 Å². The minimum absolute atomic E-state index is 0.110. The van der Waals surface area contributed by atoms with Gasteiger partial charge in [0.2, 0.25) is 0 Å². The van der Waals surface area contributed by atoms with E-state index in [2.05, 4.69) is 76.5 Å². The lowest BCUT2D eigenvalue weighted by Gasteiger charge is -2.65. The first kappa shape index (κ1) is 24.0. The largest absolute Gasteiger partial charge is 0.504 e. The van der Waals surface area contributed by atoms with Crippen molar-refractivity contribution in [2.45, 2.75) is 80.8 Å². The third-order valence-electron chi connectivity index (χ3n) is 10.7. The number of likely N-dealkylation sites (tertiary alicyclic amines) is 1. The van der Waals surface area contributed by atoms with Gasteiger partial charge < -0.3 is 14.9 Å². The molecule has 1 saturated heterocycles. The van der Waals surface area contributed by atoms with Gasteiger partial charge in [0.25, 0.3) is 0 Å². The molecule has 5 heteroatoms. The van der Waals surface area contributed by atoms with Crippen molar-refractivity contribution in [1.82, 2.24) is 9.80 Å².